The Balaban J connectivity index is 2.60. The first-order valence-corrected chi connectivity index (χ1v) is 6.06. The molecule has 0 aliphatic heterocycles. The van der Waals surface area contributed by atoms with Crippen LogP contribution in [-0.4, -0.2) is 19.5 Å². The maximum absolute atomic E-state index is 11.9. The first kappa shape index (κ1) is 13.7. The molecular formula is C14H22N2O. The second-order valence-electron chi connectivity index (χ2n) is 4.60. The largest absolute Gasteiger partial charge is 0.349 e. The van der Waals surface area contributed by atoms with Gasteiger partial charge in [0, 0.05) is 12.5 Å². The van der Waals surface area contributed by atoms with Crippen molar-refractivity contribution < 1.29 is 4.79 Å². The highest BCUT2D eigenvalue weighted by atomic mass is 16.1. The fourth-order valence-corrected chi connectivity index (χ4v) is 1.78. The van der Waals surface area contributed by atoms with Crippen LogP contribution in [0.4, 0.5) is 0 Å². The van der Waals surface area contributed by atoms with Crippen LogP contribution in [0.1, 0.15) is 31.0 Å². The molecule has 1 rings (SSSR count). The van der Waals surface area contributed by atoms with Crippen LogP contribution in [0.15, 0.2) is 24.3 Å². The zero-order chi connectivity index (χ0) is 12.8. The average Bonchev–Trinajstić information content (AvgIpc) is 2.29. The van der Waals surface area contributed by atoms with Gasteiger partial charge in [0.1, 0.15) is 0 Å². The summed E-state index contributed by atoms with van der Waals surface area (Å²) in [6.07, 6.45) is 0. The lowest BCUT2D eigenvalue weighted by Gasteiger charge is -2.18. The molecule has 1 aromatic carbocycles. The molecule has 1 aromatic rings. The summed E-state index contributed by atoms with van der Waals surface area (Å²) < 4.78 is 0. The second-order valence-corrected chi connectivity index (χ2v) is 4.60. The molecule has 0 aliphatic carbocycles. The Labute approximate surface area is 104 Å². The molecule has 0 heterocycles. The van der Waals surface area contributed by atoms with E-state index in [4.69, 9.17) is 0 Å². The van der Waals surface area contributed by atoms with E-state index in [1.54, 1.807) is 0 Å². The van der Waals surface area contributed by atoms with Crippen LogP contribution in [-0.2, 0) is 4.79 Å². The van der Waals surface area contributed by atoms with Gasteiger partial charge in [-0.15, -0.1) is 0 Å². The number of amides is 1. The minimum atomic E-state index is -0.00717. The van der Waals surface area contributed by atoms with Gasteiger partial charge in [0.2, 0.25) is 5.91 Å². The maximum atomic E-state index is 11.9. The van der Waals surface area contributed by atoms with Gasteiger partial charge in [-0.05, 0) is 26.5 Å². The quantitative estimate of drug-likeness (QED) is 0.818. The van der Waals surface area contributed by atoms with E-state index in [0.29, 0.717) is 6.54 Å². The van der Waals surface area contributed by atoms with Crippen LogP contribution in [0.5, 0.6) is 0 Å². The summed E-state index contributed by atoms with van der Waals surface area (Å²) in [5.74, 6) is 0.0839. The van der Waals surface area contributed by atoms with Crippen LogP contribution < -0.4 is 10.6 Å². The van der Waals surface area contributed by atoms with Gasteiger partial charge in [-0.1, -0.05) is 36.8 Å². The first-order valence-electron chi connectivity index (χ1n) is 6.06. The van der Waals surface area contributed by atoms with Crippen LogP contribution >= 0.6 is 0 Å². The summed E-state index contributed by atoms with van der Waals surface area (Å²) in [7, 11) is 1.85. The van der Waals surface area contributed by atoms with Crippen molar-refractivity contribution >= 4 is 5.91 Å². The van der Waals surface area contributed by atoms with E-state index in [2.05, 4.69) is 29.7 Å². The van der Waals surface area contributed by atoms with Gasteiger partial charge in [0.15, 0.2) is 0 Å². The van der Waals surface area contributed by atoms with E-state index in [9.17, 15) is 4.79 Å². The highest BCUT2D eigenvalue weighted by molar-refractivity contribution is 5.78. The second kappa shape index (κ2) is 6.40. The topological polar surface area (TPSA) is 41.1 Å². The number of aryl methyl sites for hydroxylation is 1. The first-order chi connectivity index (χ1) is 8.04. The standard InChI is InChI=1S/C14H22N2O/c1-10-6-5-7-13(8-10)12(3)16-14(17)11(2)9-15-4/h5-8,11-12,15H,9H2,1-4H3,(H,16,17)/t11?,12-/m0/s1. The zero-order valence-electron chi connectivity index (χ0n) is 11.1. The normalized spacial score (nSPS) is 14.1. The highest BCUT2D eigenvalue weighted by Crippen LogP contribution is 2.14. The Kier molecular flexibility index (Phi) is 5.16. The molecule has 94 valence electrons. The van der Waals surface area contributed by atoms with E-state index in [-0.39, 0.29) is 17.9 Å². The van der Waals surface area contributed by atoms with Crippen molar-refractivity contribution in [3.05, 3.63) is 35.4 Å². The van der Waals surface area contributed by atoms with Gasteiger partial charge in [-0.3, -0.25) is 4.79 Å². The van der Waals surface area contributed by atoms with Crippen molar-refractivity contribution in [1.29, 1.82) is 0 Å². The maximum Gasteiger partial charge on any atom is 0.224 e. The summed E-state index contributed by atoms with van der Waals surface area (Å²) in [5, 5.41) is 6.04. The smallest absolute Gasteiger partial charge is 0.224 e. The molecule has 2 N–H and O–H groups in total. The van der Waals surface area contributed by atoms with Crippen LogP contribution in [0.25, 0.3) is 0 Å². The summed E-state index contributed by atoms with van der Waals surface area (Å²) >= 11 is 0. The van der Waals surface area contributed by atoms with E-state index in [1.165, 1.54) is 5.56 Å². The number of carbonyl (C=O) groups excluding carboxylic acids is 1. The zero-order valence-corrected chi connectivity index (χ0v) is 11.1. The molecule has 1 amide bonds. The molecule has 3 nitrogen and oxygen atoms in total. The Hall–Kier alpha value is -1.35. The Morgan fingerprint density at radius 3 is 2.65 bits per heavy atom. The monoisotopic (exact) mass is 234 g/mol. The lowest BCUT2D eigenvalue weighted by Crippen LogP contribution is -2.35. The molecule has 0 spiro atoms. The van der Waals surface area contributed by atoms with Crippen molar-refractivity contribution in [1.82, 2.24) is 10.6 Å². The van der Waals surface area contributed by atoms with Gasteiger partial charge in [0.05, 0.1) is 6.04 Å². The van der Waals surface area contributed by atoms with Crippen molar-refractivity contribution in [3.63, 3.8) is 0 Å². The lowest BCUT2D eigenvalue weighted by atomic mass is 10.0. The van der Waals surface area contributed by atoms with E-state index < -0.39 is 0 Å². The molecule has 0 fully saturated rings. The van der Waals surface area contributed by atoms with Crippen molar-refractivity contribution in [2.75, 3.05) is 13.6 Å². The number of hydrogen-bond donors (Lipinski definition) is 2. The summed E-state index contributed by atoms with van der Waals surface area (Å²) in [6.45, 7) is 6.70. The molecule has 0 aliphatic rings. The lowest BCUT2D eigenvalue weighted by molar-refractivity contribution is -0.125. The third-order valence-corrected chi connectivity index (χ3v) is 2.86. The molecule has 17 heavy (non-hydrogen) atoms. The van der Waals surface area contributed by atoms with Crippen LogP contribution in [0, 0.1) is 12.8 Å². The minimum absolute atomic E-state index is 0.00717. The summed E-state index contributed by atoms with van der Waals surface area (Å²) in [5.41, 5.74) is 2.36. The fraction of sp³-hybridized carbons (Fsp3) is 0.500. The molecular weight excluding hydrogens is 212 g/mol. The Morgan fingerprint density at radius 2 is 2.06 bits per heavy atom. The van der Waals surface area contributed by atoms with E-state index >= 15 is 0 Å². The van der Waals surface area contributed by atoms with E-state index in [0.717, 1.165) is 5.56 Å². The van der Waals surface area contributed by atoms with Gasteiger partial charge < -0.3 is 10.6 Å². The fourth-order valence-electron chi connectivity index (χ4n) is 1.78. The number of rotatable bonds is 5. The number of nitrogens with one attached hydrogen (secondary N) is 2. The third kappa shape index (κ3) is 4.19. The minimum Gasteiger partial charge on any atom is -0.349 e. The van der Waals surface area contributed by atoms with Gasteiger partial charge in [-0.2, -0.15) is 0 Å². The number of hydrogen-bond acceptors (Lipinski definition) is 2. The molecule has 0 aromatic heterocycles. The van der Waals surface area contributed by atoms with Crippen LogP contribution in [0.2, 0.25) is 0 Å². The van der Waals surface area contributed by atoms with Gasteiger partial charge in [0.25, 0.3) is 0 Å². The molecule has 1 unspecified atom stereocenters. The Morgan fingerprint density at radius 1 is 1.35 bits per heavy atom. The number of carbonyl (C=O) groups is 1. The molecule has 0 saturated carbocycles. The molecule has 0 saturated heterocycles. The van der Waals surface area contributed by atoms with Crippen molar-refractivity contribution in [3.8, 4) is 0 Å². The molecule has 0 bridgehead atoms. The molecule has 2 atom stereocenters. The molecule has 3 heteroatoms. The summed E-state index contributed by atoms with van der Waals surface area (Å²) in [4.78, 5) is 11.9. The van der Waals surface area contributed by atoms with Crippen molar-refractivity contribution in [2.45, 2.75) is 26.8 Å². The van der Waals surface area contributed by atoms with Gasteiger partial charge in [-0.25, -0.2) is 0 Å². The average molecular weight is 234 g/mol. The SMILES string of the molecule is CNCC(C)C(=O)N[C@@H](C)c1cccc(C)c1. The van der Waals surface area contributed by atoms with Crippen LogP contribution in [0.3, 0.4) is 0 Å². The Bertz CT molecular complexity index is 376. The summed E-state index contributed by atoms with van der Waals surface area (Å²) in [6, 6.07) is 8.28. The van der Waals surface area contributed by atoms with E-state index in [1.807, 2.05) is 33.0 Å². The predicted octanol–water partition coefficient (Wildman–Crippen LogP) is 2.03. The third-order valence-electron chi connectivity index (χ3n) is 2.86. The molecule has 0 radical (unpaired) electrons. The van der Waals surface area contributed by atoms with Gasteiger partial charge >= 0.3 is 0 Å². The van der Waals surface area contributed by atoms with Crippen molar-refractivity contribution in [2.24, 2.45) is 5.92 Å². The highest BCUT2D eigenvalue weighted by Gasteiger charge is 2.15. The predicted molar refractivity (Wildman–Crippen MR) is 70.8 cm³/mol. The number of benzene rings is 1.